The molecule has 0 saturated heterocycles. The highest BCUT2D eigenvalue weighted by atomic mass is 16.6. The first-order valence-corrected chi connectivity index (χ1v) is 5.68. The quantitative estimate of drug-likeness (QED) is 0.678. The summed E-state index contributed by atoms with van der Waals surface area (Å²) in [6.45, 7) is 2.02. The van der Waals surface area contributed by atoms with E-state index in [0.29, 0.717) is 25.3 Å². The van der Waals surface area contributed by atoms with Crippen LogP contribution in [0.1, 0.15) is 25.0 Å². The molecule has 0 atom stereocenters. The Morgan fingerprint density at radius 2 is 2.38 bits per heavy atom. The molecule has 5 nitrogen and oxygen atoms in total. The second-order valence-corrected chi connectivity index (χ2v) is 3.95. The van der Waals surface area contributed by atoms with E-state index in [9.17, 15) is 0 Å². The summed E-state index contributed by atoms with van der Waals surface area (Å²) in [5.41, 5.74) is 0.897. The summed E-state index contributed by atoms with van der Waals surface area (Å²) in [7, 11) is 1.67. The minimum Gasteiger partial charge on any atom is -0.450 e. The molecule has 0 aromatic carbocycles. The van der Waals surface area contributed by atoms with Crippen molar-refractivity contribution in [2.24, 2.45) is 0 Å². The minimum absolute atomic E-state index is 0.351. The first kappa shape index (κ1) is 11.4. The fourth-order valence-electron chi connectivity index (χ4n) is 1.33. The van der Waals surface area contributed by atoms with Crippen molar-refractivity contribution in [1.29, 1.82) is 0 Å². The summed E-state index contributed by atoms with van der Waals surface area (Å²) in [4.78, 5) is 4.22. The predicted molar refractivity (Wildman–Crippen MR) is 58.4 cm³/mol. The van der Waals surface area contributed by atoms with Crippen LogP contribution in [0.25, 0.3) is 0 Å². The van der Waals surface area contributed by atoms with Gasteiger partial charge in [-0.3, -0.25) is 0 Å². The zero-order valence-electron chi connectivity index (χ0n) is 9.57. The van der Waals surface area contributed by atoms with E-state index in [1.54, 1.807) is 13.4 Å². The highest BCUT2D eigenvalue weighted by Crippen LogP contribution is 2.19. The van der Waals surface area contributed by atoms with Gasteiger partial charge in [0.2, 0.25) is 0 Å². The SMILES string of the molecule is COCCCOc1nc(CNC2CC2)co1. The van der Waals surface area contributed by atoms with E-state index >= 15 is 0 Å². The molecule has 1 aromatic heterocycles. The van der Waals surface area contributed by atoms with Crippen molar-refractivity contribution >= 4 is 0 Å². The van der Waals surface area contributed by atoms with Crippen LogP contribution in [0.4, 0.5) is 0 Å². The number of aromatic nitrogens is 1. The van der Waals surface area contributed by atoms with Crippen LogP contribution < -0.4 is 10.1 Å². The van der Waals surface area contributed by atoms with Crippen LogP contribution in [-0.2, 0) is 11.3 Å². The van der Waals surface area contributed by atoms with Crippen molar-refractivity contribution in [1.82, 2.24) is 10.3 Å². The molecule has 1 saturated carbocycles. The molecule has 0 aliphatic heterocycles. The molecule has 0 spiro atoms. The number of ether oxygens (including phenoxy) is 2. The first-order valence-electron chi connectivity index (χ1n) is 5.68. The van der Waals surface area contributed by atoms with Gasteiger partial charge in [0.1, 0.15) is 6.26 Å². The van der Waals surface area contributed by atoms with Crippen LogP contribution >= 0.6 is 0 Å². The normalized spacial score (nSPS) is 15.3. The van der Waals surface area contributed by atoms with Gasteiger partial charge in [-0.1, -0.05) is 0 Å². The number of oxazole rings is 1. The van der Waals surface area contributed by atoms with Gasteiger partial charge in [-0.25, -0.2) is 0 Å². The largest absolute Gasteiger partial charge is 0.450 e. The molecule has 2 rings (SSSR count). The van der Waals surface area contributed by atoms with E-state index in [2.05, 4.69) is 10.3 Å². The van der Waals surface area contributed by atoms with E-state index in [0.717, 1.165) is 18.7 Å². The Bertz CT molecular complexity index is 310. The fraction of sp³-hybridized carbons (Fsp3) is 0.727. The van der Waals surface area contributed by atoms with E-state index in [4.69, 9.17) is 13.9 Å². The zero-order chi connectivity index (χ0) is 11.2. The minimum atomic E-state index is 0.351. The van der Waals surface area contributed by atoms with Crippen molar-refractivity contribution < 1.29 is 13.9 Å². The summed E-state index contributed by atoms with van der Waals surface area (Å²) >= 11 is 0. The molecule has 5 heteroatoms. The van der Waals surface area contributed by atoms with Crippen molar-refractivity contribution in [3.8, 4) is 6.08 Å². The Kier molecular flexibility index (Phi) is 4.18. The molecular weight excluding hydrogens is 208 g/mol. The number of hydrogen-bond acceptors (Lipinski definition) is 5. The molecule has 0 amide bonds. The van der Waals surface area contributed by atoms with Crippen LogP contribution in [-0.4, -0.2) is 31.3 Å². The van der Waals surface area contributed by atoms with Gasteiger partial charge in [0.05, 0.1) is 12.3 Å². The number of nitrogens with one attached hydrogen (secondary N) is 1. The molecule has 1 aromatic rings. The molecule has 0 bridgehead atoms. The average Bonchev–Trinajstić information content (AvgIpc) is 3.02. The van der Waals surface area contributed by atoms with E-state index < -0.39 is 0 Å². The summed E-state index contributed by atoms with van der Waals surface area (Å²) in [6.07, 6.45) is 5.38. The van der Waals surface area contributed by atoms with Crippen molar-refractivity contribution in [3.05, 3.63) is 12.0 Å². The predicted octanol–water partition coefficient (Wildman–Crippen LogP) is 1.34. The van der Waals surface area contributed by atoms with Gasteiger partial charge in [-0.2, -0.15) is 4.98 Å². The summed E-state index contributed by atoms with van der Waals surface area (Å²) in [5.74, 6) is 0. The lowest BCUT2D eigenvalue weighted by Gasteiger charge is -1.99. The molecule has 1 aliphatic rings. The molecule has 16 heavy (non-hydrogen) atoms. The lowest BCUT2D eigenvalue weighted by molar-refractivity contribution is 0.157. The summed E-state index contributed by atoms with van der Waals surface area (Å²) < 4.78 is 15.4. The molecule has 90 valence electrons. The highest BCUT2D eigenvalue weighted by Gasteiger charge is 2.20. The van der Waals surface area contributed by atoms with Crippen LogP contribution in [0, 0.1) is 0 Å². The molecule has 1 aliphatic carbocycles. The number of rotatable bonds is 8. The molecule has 0 unspecified atom stereocenters. The molecule has 1 heterocycles. The Morgan fingerprint density at radius 1 is 1.50 bits per heavy atom. The average molecular weight is 226 g/mol. The Morgan fingerprint density at radius 3 is 3.12 bits per heavy atom. The molecule has 1 fully saturated rings. The summed E-state index contributed by atoms with van der Waals surface area (Å²) in [5, 5.41) is 3.36. The van der Waals surface area contributed by atoms with Crippen molar-refractivity contribution in [2.45, 2.75) is 31.8 Å². The maximum Gasteiger partial charge on any atom is 0.393 e. The maximum absolute atomic E-state index is 5.33. The van der Waals surface area contributed by atoms with Gasteiger partial charge in [0.25, 0.3) is 0 Å². The molecule has 1 N–H and O–H groups in total. The smallest absolute Gasteiger partial charge is 0.393 e. The van der Waals surface area contributed by atoms with Gasteiger partial charge in [0, 0.05) is 32.7 Å². The zero-order valence-corrected chi connectivity index (χ0v) is 9.57. The van der Waals surface area contributed by atoms with Gasteiger partial charge in [-0.05, 0) is 12.8 Å². The Labute approximate surface area is 95.1 Å². The Balaban J connectivity index is 1.64. The third kappa shape index (κ3) is 3.83. The third-order valence-corrected chi connectivity index (χ3v) is 2.40. The van der Waals surface area contributed by atoms with E-state index in [1.807, 2.05) is 0 Å². The second kappa shape index (κ2) is 5.86. The van der Waals surface area contributed by atoms with Gasteiger partial charge >= 0.3 is 6.08 Å². The second-order valence-electron chi connectivity index (χ2n) is 3.95. The highest BCUT2D eigenvalue weighted by molar-refractivity contribution is 5.00. The van der Waals surface area contributed by atoms with Crippen LogP contribution in [0.15, 0.2) is 10.7 Å². The van der Waals surface area contributed by atoms with Crippen LogP contribution in [0.3, 0.4) is 0 Å². The molecular formula is C11H18N2O3. The van der Waals surface area contributed by atoms with Crippen LogP contribution in [0.5, 0.6) is 6.08 Å². The van der Waals surface area contributed by atoms with Crippen LogP contribution in [0.2, 0.25) is 0 Å². The van der Waals surface area contributed by atoms with Crippen molar-refractivity contribution in [2.75, 3.05) is 20.3 Å². The Hall–Kier alpha value is -1.07. The van der Waals surface area contributed by atoms with Gasteiger partial charge in [-0.15, -0.1) is 0 Å². The number of nitrogens with zero attached hydrogens (tertiary/aromatic N) is 1. The molecule has 0 radical (unpaired) electrons. The van der Waals surface area contributed by atoms with Crippen molar-refractivity contribution in [3.63, 3.8) is 0 Å². The maximum atomic E-state index is 5.33. The standard InChI is InChI=1S/C11H18N2O3/c1-14-5-2-6-15-11-13-10(8-16-11)7-12-9-3-4-9/h8-9,12H,2-7H2,1H3. The lowest BCUT2D eigenvalue weighted by Crippen LogP contribution is -2.15. The topological polar surface area (TPSA) is 56.5 Å². The van der Waals surface area contributed by atoms with Gasteiger partial charge in [0.15, 0.2) is 0 Å². The van der Waals surface area contributed by atoms with E-state index in [1.165, 1.54) is 12.8 Å². The number of hydrogen-bond donors (Lipinski definition) is 1. The first-order chi connectivity index (χ1) is 7.88. The fourth-order valence-corrected chi connectivity index (χ4v) is 1.33. The third-order valence-electron chi connectivity index (χ3n) is 2.40. The number of methoxy groups -OCH3 is 1. The summed E-state index contributed by atoms with van der Waals surface area (Å²) in [6, 6.07) is 0.683. The van der Waals surface area contributed by atoms with E-state index in [-0.39, 0.29) is 0 Å². The van der Waals surface area contributed by atoms with Gasteiger partial charge < -0.3 is 19.2 Å². The lowest BCUT2D eigenvalue weighted by atomic mass is 10.5. The monoisotopic (exact) mass is 226 g/mol.